The molecule has 14 heteroatoms. The van der Waals surface area contributed by atoms with Crippen molar-refractivity contribution in [1.82, 2.24) is 16.0 Å². The SMILES string of the molecule is CC(O)C(NC(=O)C(N)Cc1ccc(O)cc1)C(=O)NC(CC(N)=O)C(=O)NC(CCCCN)C(=O)O. The number of benzene rings is 1. The van der Waals surface area contributed by atoms with Gasteiger partial charge in [-0.25, -0.2) is 4.79 Å². The van der Waals surface area contributed by atoms with Gasteiger partial charge in [-0.1, -0.05) is 12.1 Å². The molecule has 0 saturated carbocycles. The number of primary amides is 1. The Morgan fingerprint density at radius 1 is 0.919 bits per heavy atom. The zero-order valence-electron chi connectivity index (χ0n) is 20.6. The maximum Gasteiger partial charge on any atom is 0.326 e. The molecule has 0 saturated heterocycles. The number of carbonyl (C=O) groups is 5. The third-order valence-electron chi connectivity index (χ3n) is 5.39. The normalized spacial score (nSPS) is 14.9. The summed E-state index contributed by atoms with van der Waals surface area (Å²) >= 11 is 0. The van der Waals surface area contributed by atoms with Crippen LogP contribution in [-0.4, -0.2) is 81.7 Å². The average Bonchev–Trinajstić information content (AvgIpc) is 2.81. The van der Waals surface area contributed by atoms with Gasteiger partial charge in [0.2, 0.25) is 23.6 Å². The fraction of sp³-hybridized carbons (Fsp3) is 0.522. The highest BCUT2D eigenvalue weighted by Crippen LogP contribution is 2.11. The van der Waals surface area contributed by atoms with Gasteiger partial charge in [0.1, 0.15) is 23.9 Å². The van der Waals surface area contributed by atoms with Gasteiger partial charge in [0, 0.05) is 0 Å². The van der Waals surface area contributed by atoms with Gasteiger partial charge in [0.05, 0.1) is 18.6 Å². The number of aliphatic hydroxyl groups is 1. The van der Waals surface area contributed by atoms with Crippen LogP contribution >= 0.6 is 0 Å². The van der Waals surface area contributed by atoms with Gasteiger partial charge in [0.15, 0.2) is 0 Å². The number of phenols is 1. The number of nitrogens with one attached hydrogen (secondary N) is 3. The van der Waals surface area contributed by atoms with E-state index in [2.05, 4.69) is 16.0 Å². The molecular formula is C23H36N6O8. The minimum atomic E-state index is -1.56. The number of carboxylic acids is 1. The number of rotatable bonds is 16. The Kier molecular flexibility index (Phi) is 13.0. The Morgan fingerprint density at radius 2 is 1.51 bits per heavy atom. The highest BCUT2D eigenvalue weighted by atomic mass is 16.4. The predicted molar refractivity (Wildman–Crippen MR) is 132 cm³/mol. The van der Waals surface area contributed by atoms with Gasteiger partial charge in [0.25, 0.3) is 0 Å². The molecule has 0 heterocycles. The number of carbonyl (C=O) groups excluding carboxylic acids is 4. The molecule has 0 bridgehead atoms. The largest absolute Gasteiger partial charge is 0.508 e. The molecule has 14 nitrogen and oxygen atoms in total. The monoisotopic (exact) mass is 524 g/mol. The Balaban J connectivity index is 2.90. The molecule has 5 unspecified atom stereocenters. The number of aliphatic carboxylic acids is 1. The van der Waals surface area contributed by atoms with Crippen LogP contribution in [0.5, 0.6) is 5.75 Å². The van der Waals surface area contributed by atoms with Gasteiger partial charge in [-0.3, -0.25) is 19.2 Å². The first-order chi connectivity index (χ1) is 17.3. The fourth-order valence-electron chi connectivity index (χ4n) is 3.34. The molecule has 0 fully saturated rings. The number of carboxylic acid groups (broad SMARTS) is 1. The minimum absolute atomic E-state index is 0.0346. The smallest absolute Gasteiger partial charge is 0.326 e. The standard InChI is InChI=1S/C23H36N6O8/c1-12(30)19(29-20(33)15(25)10-13-5-7-14(31)8-6-13)22(35)28-17(11-18(26)32)21(34)27-16(23(36)37)4-2-3-9-24/h5-8,12,15-17,19,30-31H,2-4,9-11,24-25H2,1H3,(H2,26,32)(H,27,34)(H,28,35)(H,29,33)(H,36,37). The Labute approximate surface area is 213 Å². The number of unbranched alkanes of at least 4 members (excludes halogenated alkanes) is 1. The van der Waals surface area contributed by atoms with Crippen LogP contribution in [0.1, 0.15) is 38.2 Å². The first-order valence-electron chi connectivity index (χ1n) is 11.7. The molecule has 1 aromatic carbocycles. The van der Waals surface area contributed by atoms with Crippen molar-refractivity contribution in [3.05, 3.63) is 29.8 Å². The summed E-state index contributed by atoms with van der Waals surface area (Å²) < 4.78 is 0. The van der Waals surface area contributed by atoms with Crippen molar-refractivity contribution in [3.63, 3.8) is 0 Å². The van der Waals surface area contributed by atoms with Crippen LogP contribution in [0, 0.1) is 0 Å². The van der Waals surface area contributed by atoms with Crippen molar-refractivity contribution >= 4 is 29.6 Å². The Hall–Kier alpha value is -3.75. The number of aromatic hydroxyl groups is 1. The highest BCUT2D eigenvalue weighted by Gasteiger charge is 2.33. The van der Waals surface area contributed by atoms with Crippen LogP contribution in [-0.2, 0) is 30.4 Å². The second-order valence-electron chi connectivity index (χ2n) is 8.62. The molecule has 0 radical (unpaired) electrons. The molecular weight excluding hydrogens is 488 g/mol. The molecule has 4 amide bonds. The third kappa shape index (κ3) is 11.2. The molecule has 0 spiro atoms. The average molecular weight is 525 g/mol. The lowest BCUT2D eigenvalue weighted by molar-refractivity contribution is -0.142. The van der Waals surface area contributed by atoms with Crippen LogP contribution < -0.4 is 33.2 Å². The summed E-state index contributed by atoms with van der Waals surface area (Å²) in [6.07, 6.45) is -1.00. The number of phenolic OH excluding ortho intramolecular Hbond substituents is 1. The number of nitrogens with two attached hydrogens (primary N) is 3. The summed E-state index contributed by atoms with van der Waals surface area (Å²) in [5.41, 5.74) is 17.1. The molecule has 5 atom stereocenters. The van der Waals surface area contributed by atoms with E-state index in [1.165, 1.54) is 19.1 Å². The molecule has 12 N–H and O–H groups in total. The molecule has 0 aliphatic heterocycles. The van der Waals surface area contributed by atoms with E-state index in [-0.39, 0.29) is 18.6 Å². The lowest BCUT2D eigenvalue weighted by atomic mass is 10.0. The molecule has 0 aliphatic rings. The van der Waals surface area contributed by atoms with Gasteiger partial charge in [-0.05, 0) is 56.8 Å². The Bertz CT molecular complexity index is 940. The number of aliphatic hydroxyl groups excluding tert-OH is 1. The van der Waals surface area contributed by atoms with E-state index in [0.29, 0.717) is 24.9 Å². The second kappa shape index (κ2) is 15.4. The van der Waals surface area contributed by atoms with Crippen LogP contribution in [0.3, 0.4) is 0 Å². The quantitative estimate of drug-likeness (QED) is 0.100. The summed E-state index contributed by atoms with van der Waals surface area (Å²) in [4.78, 5) is 61.1. The fourth-order valence-corrected chi connectivity index (χ4v) is 3.34. The van der Waals surface area contributed by atoms with E-state index in [9.17, 15) is 39.3 Å². The minimum Gasteiger partial charge on any atom is -0.508 e. The van der Waals surface area contributed by atoms with E-state index < -0.39 is 66.3 Å². The van der Waals surface area contributed by atoms with Crippen molar-refractivity contribution in [2.24, 2.45) is 17.2 Å². The third-order valence-corrected chi connectivity index (χ3v) is 5.39. The highest BCUT2D eigenvalue weighted by molar-refractivity contribution is 5.96. The van der Waals surface area contributed by atoms with Gasteiger partial charge in [-0.2, -0.15) is 0 Å². The summed E-state index contributed by atoms with van der Waals surface area (Å²) in [5.74, 6) is -5.01. The summed E-state index contributed by atoms with van der Waals surface area (Å²) in [7, 11) is 0. The number of amides is 4. The first kappa shape index (κ1) is 31.3. The van der Waals surface area contributed by atoms with Gasteiger partial charge in [-0.15, -0.1) is 0 Å². The molecule has 1 rings (SSSR count). The zero-order chi connectivity index (χ0) is 28.1. The van der Waals surface area contributed by atoms with Crippen LogP contribution in [0.25, 0.3) is 0 Å². The van der Waals surface area contributed by atoms with Gasteiger partial charge >= 0.3 is 5.97 Å². The lowest BCUT2D eigenvalue weighted by Crippen LogP contribution is -2.60. The molecule has 0 aromatic heterocycles. The number of hydrogen-bond acceptors (Lipinski definition) is 9. The Morgan fingerprint density at radius 3 is 2.03 bits per heavy atom. The molecule has 1 aromatic rings. The maximum atomic E-state index is 12.8. The van der Waals surface area contributed by atoms with E-state index >= 15 is 0 Å². The number of hydrogen-bond donors (Lipinski definition) is 9. The second-order valence-corrected chi connectivity index (χ2v) is 8.62. The summed E-state index contributed by atoms with van der Waals surface area (Å²) in [6, 6.07) is 0.437. The molecule has 206 valence electrons. The molecule has 37 heavy (non-hydrogen) atoms. The van der Waals surface area contributed by atoms with Crippen molar-refractivity contribution in [3.8, 4) is 5.75 Å². The maximum absolute atomic E-state index is 12.8. The summed E-state index contributed by atoms with van der Waals surface area (Å²) in [5, 5.41) is 35.6. The van der Waals surface area contributed by atoms with Crippen molar-refractivity contribution in [2.45, 2.75) is 69.3 Å². The van der Waals surface area contributed by atoms with Crippen LogP contribution in [0.4, 0.5) is 0 Å². The zero-order valence-corrected chi connectivity index (χ0v) is 20.6. The van der Waals surface area contributed by atoms with Gasteiger partial charge < -0.3 is 48.5 Å². The van der Waals surface area contributed by atoms with Crippen molar-refractivity contribution in [2.75, 3.05) is 6.54 Å². The summed E-state index contributed by atoms with van der Waals surface area (Å²) in [6.45, 7) is 1.56. The van der Waals surface area contributed by atoms with E-state index in [4.69, 9.17) is 17.2 Å². The lowest BCUT2D eigenvalue weighted by Gasteiger charge is -2.26. The van der Waals surface area contributed by atoms with E-state index in [1.54, 1.807) is 12.1 Å². The van der Waals surface area contributed by atoms with Crippen LogP contribution in [0.15, 0.2) is 24.3 Å². The predicted octanol–water partition coefficient (Wildman–Crippen LogP) is -2.81. The topological polar surface area (TPSA) is 260 Å². The van der Waals surface area contributed by atoms with Crippen LogP contribution in [0.2, 0.25) is 0 Å². The van der Waals surface area contributed by atoms with Crippen molar-refractivity contribution in [1.29, 1.82) is 0 Å². The van der Waals surface area contributed by atoms with E-state index in [0.717, 1.165) is 0 Å². The van der Waals surface area contributed by atoms with E-state index in [1.807, 2.05) is 0 Å². The van der Waals surface area contributed by atoms with Crippen molar-refractivity contribution < 1.29 is 39.3 Å². The molecule has 0 aliphatic carbocycles. The first-order valence-corrected chi connectivity index (χ1v) is 11.7.